The average Bonchev–Trinajstić information content (AvgIpc) is 2.88. The van der Waals surface area contributed by atoms with E-state index in [1.54, 1.807) is 14.2 Å². The smallest absolute Gasteiger partial charge is 0.163 e. The first-order valence-corrected chi connectivity index (χ1v) is 6.61. The van der Waals surface area contributed by atoms with Gasteiger partial charge in [-0.3, -0.25) is 4.79 Å². The molecule has 3 nitrogen and oxygen atoms in total. The molecule has 1 aliphatic carbocycles. The lowest BCUT2D eigenvalue weighted by Gasteiger charge is -2.11. The third kappa shape index (κ3) is 2.05. The molecule has 2 aromatic carbocycles. The maximum Gasteiger partial charge on any atom is 0.163 e. The highest BCUT2D eigenvalue weighted by atomic mass is 16.5. The highest BCUT2D eigenvalue weighted by molar-refractivity contribution is 6.02. The van der Waals surface area contributed by atoms with Crippen LogP contribution in [0.5, 0.6) is 11.5 Å². The number of ketones is 1. The average molecular weight is 268 g/mol. The summed E-state index contributed by atoms with van der Waals surface area (Å²) in [6.07, 6.45) is 1.41. The highest BCUT2D eigenvalue weighted by Gasteiger charge is 2.22. The van der Waals surface area contributed by atoms with Crippen molar-refractivity contribution in [2.45, 2.75) is 12.8 Å². The molecule has 0 saturated carbocycles. The zero-order chi connectivity index (χ0) is 14.1. The van der Waals surface area contributed by atoms with Crippen molar-refractivity contribution in [2.75, 3.05) is 14.2 Å². The van der Waals surface area contributed by atoms with Gasteiger partial charge in [0.05, 0.1) is 14.2 Å². The number of carbonyl (C=O) groups is 1. The maximum atomic E-state index is 11.8. The fraction of sp³-hybridized carbons (Fsp3) is 0.235. The summed E-state index contributed by atoms with van der Waals surface area (Å²) in [5, 5.41) is 0. The normalized spacial score (nSPS) is 13.2. The summed E-state index contributed by atoms with van der Waals surface area (Å²) in [7, 11) is 3.27. The van der Waals surface area contributed by atoms with E-state index in [1.165, 1.54) is 0 Å². The van der Waals surface area contributed by atoms with Crippen molar-refractivity contribution in [3.05, 3.63) is 47.5 Å². The number of methoxy groups -OCH3 is 2. The van der Waals surface area contributed by atoms with E-state index in [0.717, 1.165) is 40.2 Å². The maximum absolute atomic E-state index is 11.8. The molecular formula is C17H16O3. The van der Waals surface area contributed by atoms with Crippen LogP contribution in [0.15, 0.2) is 36.4 Å². The SMILES string of the molecule is COc1cc(OC)cc(-c2cccc3c2CCC3=O)c1. The van der Waals surface area contributed by atoms with Crippen molar-refractivity contribution >= 4 is 5.78 Å². The zero-order valence-corrected chi connectivity index (χ0v) is 11.6. The van der Waals surface area contributed by atoms with Gasteiger partial charge in [-0.15, -0.1) is 0 Å². The van der Waals surface area contributed by atoms with Crippen LogP contribution in [0.1, 0.15) is 22.3 Å². The number of carbonyl (C=O) groups excluding carboxylic acids is 1. The molecule has 0 atom stereocenters. The molecular weight excluding hydrogens is 252 g/mol. The van der Waals surface area contributed by atoms with Gasteiger partial charge < -0.3 is 9.47 Å². The van der Waals surface area contributed by atoms with E-state index in [0.29, 0.717) is 6.42 Å². The second-order valence-corrected chi connectivity index (χ2v) is 4.86. The highest BCUT2D eigenvalue weighted by Crippen LogP contribution is 2.36. The lowest BCUT2D eigenvalue weighted by Crippen LogP contribution is -1.93. The molecule has 3 heteroatoms. The molecule has 0 fully saturated rings. The van der Waals surface area contributed by atoms with Crippen LogP contribution in [0.4, 0.5) is 0 Å². The van der Waals surface area contributed by atoms with Gasteiger partial charge in [-0.1, -0.05) is 18.2 Å². The van der Waals surface area contributed by atoms with Crippen molar-refractivity contribution in [2.24, 2.45) is 0 Å². The molecule has 20 heavy (non-hydrogen) atoms. The third-order valence-corrected chi connectivity index (χ3v) is 3.74. The second kappa shape index (κ2) is 5.00. The summed E-state index contributed by atoms with van der Waals surface area (Å²) in [5.41, 5.74) is 4.09. The molecule has 0 aromatic heterocycles. The minimum absolute atomic E-state index is 0.233. The standard InChI is InChI=1S/C17H16O3/c1-19-12-8-11(9-13(10-12)20-2)14-4-3-5-16-15(14)6-7-17(16)18/h3-5,8-10H,6-7H2,1-2H3. The van der Waals surface area contributed by atoms with E-state index in [9.17, 15) is 4.79 Å². The zero-order valence-electron chi connectivity index (χ0n) is 11.6. The minimum atomic E-state index is 0.233. The fourth-order valence-corrected chi connectivity index (χ4v) is 2.72. The molecule has 0 radical (unpaired) electrons. The van der Waals surface area contributed by atoms with Crippen LogP contribution in [-0.2, 0) is 6.42 Å². The molecule has 0 saturated heterocycles. The Labute approximate surface area is 118 Å². The molecule has 102 valence electrons. The topological polar surface area (TPSA) is 35.5 Å². The van der Waals surface area contributed by atoms with Gasteiger partial charge in [-0.05, 0) is 35.2 Å². The van der Waals surface area contributed by atoms with Crippen molar-refractivity contribution in [1.82, 2.24) is 0 Å². The number of benzene rings is 2. The minimum Gasteiger partial charge on any atom is -0.497 e. The quantitative estimate of drug-likeness (QED) is 0.854. The molecule has 3 rings (SSSR count). The number of rotatable bonds is 3. The molecule has 0 bridgehead atoms. The van der Waals surface area contributed by atoms with Gasteiger partial charge in [0.1, 0.15) is 11.5 Å². The molecule has 0 heterocycles. The molecule has 0 amide bonds. The summed E-state index contributed by atoms with van der Waals surface area (Å²) < 4.78 is 10.6. The van der Waals surface area contributed by atoms with Gasteiger partial charge in [0, 0.05) is 18.1 Å². The Hall–Kier alpha value is -2.29. The third-order valence-electron chi connectivity index (χ3n) is 3.74. The molecule has 0 unspecified atom stereocenters. The molecule has 0 aliphatic heterocycles. The summed E-state index contributed by atoms with van der Waals surface area (Å²) >= 11 is 0. The Morgan fingerprint density at radius 2 is 1.55 bits per heavy atom. The predicted octanol–water partition coefficient (Wildman–Crippen LogP) is 3.50. The van der Waals surface area contributed by atoms with Crippen molar-refractivity contribution < 1.29 is 14.3 Å². The van der Waals surface area contributed by atoms with Crippen LogP contribution in [0.25, 0.3) is 11.1 Å². The van der Waals surface area contributed by atoms with Crippen LogP contribution >= 0.6 is 0 Å². The van der Waals surface area contributed by atoms with Gasteiger partial charge in [-0.25, -0.2) is 0 Å². The van der Waals surface area contributed by atoms with Gasteiger partial charge in [-0.2, -0.15) is 0 Å². The summed E-state index contributed by atoms with van der Waals surface area (Å²) in [5.74, 6) is 1.74. The van der Waals surface area contributed by atoms with Crippen LogP contribution in [0, 0.1) is 0 Å². The molecule has 2 aromatic rings. The molecule has 0 spiro atoms. The number of hydrogen-bond acceptors (Lipinski definition) is 3. The lowest BCUT2D eigenvalue weighted by atomic mass is 9.96. The van der Waals surface area contributed by atoms with E-state index >= 15 is 0 Å². The molecule has 0 N–H and O–H groups in total. The van der Waals surface area contributed by atoms with Gasteiger partial charge in [0.2, 0.25) is 0 Å². The molecule has 1 aliphatic rings. The monoisotopic (exact) mass is 268 g/mol. The predicted molar refractivity (Wildman–Crippen MR) is 77.6 cm³/mol. The number of fused-ring (bicyclic) bond motifs is 1. The van der Waals surface area contributed by atoms with E-state index in [2.05, 4.69) is 0 Å². The van der Waals surface area contributed by atoms with E-state index in [4.69, 9.17) is 9.47 Å². The summed E-state index contributed by atoms with van der Waals surface area (Å²) in [4.78, 5) is 11.8. The summed E-state index contributed by atoms with van der Waals surface area (Å²) in [6.45, 7) is 0. The first kappa shape index (κ1) is 12.7. The summed E-state index contributed by atoms with van der Waals surface area (Å²) in [6, 6.07) is 11.7. The lowest BCUT2D eigenvalue weighted by molar-refractivity contribution is 0.0994. The van der Waals surface area contributed by atoms with E-state index in [-0.39, 0.29) is 5.78 Å². The van der Waals surface area contributed by atoms with Gasteiger partial charge in [0.25, 0.3) is 0 Å². The van der Waals surface area contributed by atoms with Crippen LogP contribution in [0.3, 0.4) is 0 Å². The van der Waals surface area contributed by atoms with E-state index < -0.39 is 0 Å². The first-order valence-electron chi connectivity index (χ1n) is 6.61. The van der Waals surface area contributed by atoms with Gasteiger partial charge in [0.15, 0.2) is 5.78 Å². The number of Topliss-reactive ketones (excluding diaryl/α,β-unsaturated/α-hetero) is 1. The fourth-order valence-electron chi connectivity index (χ4n) is 2.72. The van der Waals surface area contributed by atoms with Crippen LogP contribution in [0.2, 0.25) is 0 Å². The Kier molecular flexibility index (Phi) is 3.18. The first-order chi connectivity index (χ1) is 9.72. The Bertz CT molecular complexity index is 652. The van der Waals surface area contributed by atoms with Crippen LogP contribution < -0.4 is 9.47 Å². The second-order valence-electron chi connectivity index (χ2n) is 4.86. The largest absolute Gasteiger partial charge is 0.497 e. The van der Waals surface area contributed by atoms with Crippen LogP contribution in [-0.4, -0.2) is 20.0 Å². The van der Waals surface area contributed by atoms with Gasteiger partial charge >= 0.3 is 0 Å². The van der Waals surface area contributed by atoms with Crippen molar-refractivity contribution in [3.8, 4) is 22.6 Å². The Morgan fingerprint density at radius 3 is 2.20 bits per heavy atom. The number of hydrogen-bond donors (Lipinski definition) is 0. The Morgan fingerprint density at radius 1 is 0.900 bits per heavy atom. The Balaban J connectivity index is 2.17. The van der Waals surface area contributed by atoms with Crippen molar-refractivity contribution in [1.29, 1.82) is 0 Å². The van der Waals surface area contributed by atoms with E-state index in [1.807, 2.05) is 36.4 Å². The number of ether oxygens (including phenoxy) is 2. The van der Waals surface area contributed by atoms with Crippen molar-refractivity contribution in [3.63, 3.8) is 0 Å².